The summed E-state index contributed by atoms with van der Waals surface area (Å²) in [5, 5.41) is 0. The van der Waals surface area contributed by atoms with Crippen molar-refractivity contribution in [1.29, 1.82) is 0 Å². The standard InChI is InChI=1S/C33H28BNO2/c1-33(2)22-10-3-6-13-26(22)35(27-14-7-4-11-23(27)33)21-18-19-25-31(20-21)37-30-17-9-16-29-32(30)34(25)24-12-5-8-15-28(24)36-29/h3,5-6,8-10,12-13,15-20H,4,7,11,14H2,1-2H3. The second-order valence-electron chi connectivity index (χ2n) is 11.2. The van der Waals surface area contributed by atoms with E-state index in [2.05, 4.69) is 85.5 Å². The van der Waals surface area contributed by atoms with Crippen LogP contribution < -0.4 is 30.8 Å². The lowest BCUT2D eigenvalue weighted by Gasteiger charge is -2.46. The molecule has 1 aliphatic carbocycles. The Bertz CT molecular complexity index is 1640. The Labute approximate surface area is 218 Å². The third kappa shape index (κ3) is 2.90. The van der Waals surface area contributed by atoms with Gasteiger partial charge in [-0.2, -0.15) is 0 Å². The first kappa shape index (κ1) is 21.2. The number of ether oxygens (including phenoxy) is 2. The van der Waals surface area contributed by atoms with Crippen LogP contribution in [0.5, 0.6) is 23.0 Å². The number of anilines is 2. The van der Waals surface area contributed by atoms with Gasteiger partial charge in [0.25, 0.3) is 6.71 Å². The molecule has 0 saturated carbocycles. The molecule has 3 aliphatic heterocycles. The lowest BCUT2D eigenvalue weighted by Crippen LogP contribution is -2.57. The molecule has 4 aromatic carbocycles. The third-order valence-corrected chi connectivity index (χ3v) is 8.83. The van der Waals surface area contributed by atoms with Crippen molar-refractivity contribution in [2.24, 2.45) is 0 Å². The van der Waals surface area contributed by atoms with Gasteiger partial charge in [-0.1, -0.05) is 62.4 Å². The Morgan fingerprint density at radius 3 is 2.30 bits per heavy atom. The number of hydrogen-bond acceptors (Lipinski definition) is 3. The van der Waals surface area contributed by atoms with Gasteiger partial charge < -0.3 is 14.4 Å². The highest BCUT2D eigenvalue weighted by molar-refractivity contribution is 6.98. The molecule has 0 spiro atoms. The Morgan fingerprint density at radius 2 is 1.41 bits per heavy atom. The van der Waals surface area contributed by atoms with Crippen molar-refractivity contribution >= 4 is 34.5 Å². The van der Waals surface area contributed by atoms with Crippen molar-refractivity contribution in [3.63, 3.8) is 0 Å². The Hall–Kier alpha value is -3.92. The summed E-state index contributed by atoms with van der Waals surface area (Å²) in [6, 6.07) is 30.3. The van der Waals surface area contributed by atoms with Gasteiger partial charge in [-0.05, 0) is 78.1 Å². The summed E-state index contributed by atoms with van der Waals surface area (Å²) in [6.45, 7) is 4.90. The van der Waals surface area contributed by atoms with Crippen LogP contribution in [0.3, 0.4) is 0 Å². The minimum Gasteiger partial charge on any atom is -0.458 e. The molecule has 0 unspecified atom stereocenters. The number of fused-ring (bicyclic) bond motifs is 5. The predicted molar refractivity (Wildman–Crippen MR) is 151 cm³/mol. The molecule has 3 heterocycles. The first-order valence-corrected chi connectivity index (χ1v) is 13.4. The van der Waals surface area contributed by atoms with E-state index in [0.717, 1.165) is 34.9 Å². The number of nitrogens with zero attached hydrogens (tertiary/aromatic N) is 1. The molecule has 0 bridgehead atoms. The molecule has 0 fully saturated rings. The second-order valence-corrected chi connectivity index (χ2v) is 11.2. The van der Waals surface area contributed by atoms with Crippen LogP contribution in [0.25, 0.3) is 0 Å². The van der Waals surface area contributed by atoms with Crippen LogP contribution in [-0.2, 0) is 5.41 Å². The van der Waals surface area contributed by atoms with E-state index in [1.165, 1.54) is 52.8 Å². The molecule has 0 atom stereocenters. The highest BCUT2D eigenvalue weighted by atomic mass is 16.5. The molecule has 4 aromatic rings. The quantitative estimate of drug-likeness (QED) is 0.245. The number of hydrogen-bond donors (Lipinski definition) is 0. The lowest BCUT2D eigenvalue weighted by molar-refractivity contribution is 0.464. The first-order valence-electron chi connectivity index (χ1n) is 13.4. The fourth-order valence-corrected chi connectivity index (χ4v) is 7.11. The van der Waals surface area contributed by atoms with E-state index in [-0.39, 0.29) is 12.1 Å². The van der Waals surface area contributed by atoms with Crippen molar-refractivity contribution in [1.82, 2.24) is 0 Å². The molecule has 0 N–H and O–H groups in total. The van der Waals surface area contributed by atoms with Crippen molar-refractivity contribution in [3.05, 3.63) is 102 Å². The van der Waals surface area contributed by atoms with Crippen LogP contribution in [0.4, 0.5) is 11.4 Å². The number of allylic oxidation sites excluding steroid dienone is 2. The molecule has 0 saturated heterocycles. The lowest BCUT2D eigenvalue weighted by atomic mass is 9.35. The van der Waals surface area contributed by atoms with E-state index in [4.69, 9.17) is 9.47 Å². The maximum Gasteiger partial charge on any atom is 0.260 e. The molecule has 37 heavy (non-hydrogen) atoms. The third-order valence-electron chi connectivity index (χ3n) is 8.83. The predicted octanol–water partition coefficient (Wildman–Crippen LogP) is 6.67. The summed E-state index contributed by atoms with van der Waals surface area (Å²) in [4.78, 5) is 2.52. The summed E-state index contributed by atoms with van der Waals surface area (Å²) < 4.78 is 12.9. The van der Waals surface area contributed by atoms with E-state index in [0.29, 0.717) is 0 Å². The van der Waals surface area contributed by atoms with Gasteiger partial charge in [-0.15, -0.1) is 0 Å². The van der Waals surface area contributed by atoms with E-state index in [1.807, 2.05) is 18.2 Å². The van der Waals surface area contributed by atoms with Gasteiger partial charge in [0.2, 0.25) is 0 Å². The Kier molecular flexibility index (Phi) is 4.32. The summed E-state index contributed by atoms with van der Waals surface area (Å²) >= 11 is 0. The SMILES string of the molecule is CC1(C)C2=C(CCCC2)N(c2ccc3c(c2)Oc2cccc4c2B3c2ccccc2O4)c2ccccc21. The van der Waals surface area contributed by atoms with Gasteiger partial charge in [0.05, 0.1) is 0 Å². The molecule has 8 rings (SSSR count). The van der Waals surface area contributed by atoms with Gasteiger partial charge in [0.15, 0.2) is 0 Å². The van der Waals surface area contributed by atoms with Crippen LogP contribution in [-0.4, -0.2) is 6.71 Å². The van der Waals surface area contributed by atoms with Crippen molar-refractivity contribution in [2.45, 2.75) is 44.9 Å². The van der Waals surface area contributed by atoms with Gasteiger partial charge in [0, 0.05) is 34.0 Å². The van der Waals surface area contributed by atoms with E-state index < -0.39 is 0 Å². The fraction of sp³-hybridized carbons (Fsp3) is 0.212. The molecule has 3 nitrogen and oxygen atoms in total. The fourth-order valence-electron chi connectivity index (χ4n) is 7.11. The zero-order valence-corrected chi connectivity index (χ0v) is 21.3. The van der Waals surface area contributed by atoms with Crippen LogP contribution in [0.1, 0.15) is 45.1 Å². The summed E-state index contributed by atoms with van der Waals surface area (Å²) in [5.74, 6) is 3.64. The van der Waals surface area contributed by atoms with Crippen LogP contribution >= 0.6 is 0 Å². The highest BCUT2D eigenvalue weighted by Crippen LogP contribution is 2.52. The topological polar surface area (TPSA) is 21.7 Å². The number of rotatable bonds is 1. The Balaban J connectivity index is 1.32. The summed E-state index contributed by atoms with van der Waals surface area (Å²) in [7, 11) is 0. The molecule has 4 aliphatic rings. The van der Waals surface area contributed by atoms with E-state index in [9.17, 15) is 0 Å². The normalized spacial score (nSPS) is 18.0. The van der Waals surface area contributed by atoms with Gasteiger partial charge in [-0.3, -0.25) is 0 Å². The minimum absolute atomic E-state index is 0.0503. The van der Waals surface area contributed by atoms with Crippen molar-refractivity contribution in [3.8, 4) is 23.0 Å². The molecular weight excluding hydrogens is 453 g/mol. The van der Waals surface area contributed by atoms with Gasteiger partial charge in [0.1, 0.15) is 23.0 Å². The number of benzene rings is 4. The smallest absolute Gasteiger partial charge is 0.260 e. The minimum atomic E-state index is 0.0503. The molecule has 0 amide bonds. The zero-order chi connectivity index (χ0) is 24.7. The molecular formula is C33H28BNO2. The van der Waals surface area contributed by atoms with Crippen LogP contribution in [0.15, 0.2) is 96.2 Å². The van der Waals surface area contributed by atoms with Crippen molar-refractivity contribution < 1.29 is 9.47 Å². The summed E-state index contributed by atoms with van der Waals surface area (Å²) in [5.41, 5.74) is 10.5. The van der Waals surface area contributed by atoms with Gasteiger partial charge in [-0.25, -0.2) is 0 Å². The molecule has 0 radical (unpaired) electrons. The van der Waals surface area contributed by atoms with Crippen LogP contribution in [0.2, 0.25) is 0 Å². The average Bonchev–Trinajstić information content (AvgIpc) is 2.93. The second kappa shape index (κ2) is 7.55. The maximum atomic E-state index is 6.61. The monoisotopic (exact) mass is 481 g/mol. The van der Waals surface area contributed by atoms with Crippen molar-refractivity contribution in [2.75, 3.05) is 4.90 Å². The highest BCUT2D eigenvalue weighted by Gasteiger charge is 2.42. The largest absolute Gasteiger partial charge is 0.458 e. The molecule has 180 valence electrons. The zero-order valence-electron chi connectivity index (χ0n) is 21.3. The average molecular weight is 481 g/mol. The van der Waals surface area contributed by atoms with E-state index >= 15 is 0 Å². The Morgan fingerprint density at radius 1 is 0.703 bits per heavy atom. The molecule has 0 aromatic heterocycles. The first-order chi connectivity index (χ1) is 18.1. The maximum absolute atomic E-state index is 6.61. The van der Waals surface area contributed by atoms with Gasteiger partial charge >= 0.3 is 0 Å². The molecule has 4 heteroatoms. The number of para-hydroxylation sites is 2. The van der Waals surface area contributed by atoms with E-state index in [1.54, 1.807) is 5.57 Å². The van der Waals surface area contributed by atoms with Crippen LogP contribution in [0, 0.1) is 0 Å². The summed E-state index contributed by atoms with van der Waals surface area (Å²) in [6.07, 6.45) is 4.80.